The van der Waals surface area contributed by atoms with Crippen LogP contribution in [0.3, 0.4) is 0 Å². The Bertz CT molecular complexity index is 575. The zero-order valence-electron chi connectivity index (χ0n) is 13.6. The molecule has 1 aliphatic rings. The van der Waals surface area contributed by atoms with Crippen LogP contribution in [0.15, 0.2) is 47.1 Å². The van der Waals surface area contributed by atoms with Gasteiger partial charge in [0.05, 0.1) is 19.0 Å². The molecule has 1 aromatic heterocycles. The van der Waals surface area contributed by atoms with E-state index >= 15 is 0 Å². The summed E-state index contributed by atoms with van der Waals surface area (Å²) < 4.78 is 10.8. The first-order valence-corrected chi connectivity index (χ1v) is 8.28. The van der Waals surface area contributed by atoms with Crippen molar-refractivity contribution in [1.29, 1.82) is 0 Å². The summed E-state index contributed by atoms with van der Waals surface area (Å²) in [5.74, 6) is 0.788. The number of ether oxygens (including phenoxy) is 1. The molecule has 1 fully saturated rings. The first-order valence-electron chi connectivity index (χ1n) is 8.28. The fraction of sp³-hybridized carbons (Fsp3) is 0.474. The van der Waals surface area contributed by atoms with Crippen LogP contribution < -0.4 is 0 Å². The van der Waals surface area contributed by atoms with Gasteiger partial charge in [-0.2, -0.15) is 0 Å². The zero-order chi connectivity index (χ0) is 16.1. The minimum Gasteiger partial charge on any atom is -0.467 e. The third-order valence-electron chi connectivity index (χ3n) is 4.15. The number of hydrogen-bond donors (Lipinski definition) is 1. The minimum absolute atomic E-state index is 0.331. The lowest BCUT2D eigenvalue weighted by molar-refractivity contribution is 0.00246. The van der Waals surface area contributed by atoms with Gasteiger partial charge in [0, 0.05) is 19.1 Å². The maximum atomic E-state index is 10.2. The number of aliphatic hydroxyl groups is 1. The number of rotatable bonds is 9. The maximum absolute atomic E-state index is 10.2. The zero-order valence-corrected chi connectivity index (χ0v) is 13.6. The quantitative estimate of drug-likeness (QED) is 0.772. The van der Waals surface area contributed by atoms with Crippen LogP contribution in [0.2, 0.25) is 0 Å². The van der Waals surface area contributed by atoms with E-state index in [1.807, 2.05) is 12.1 Å². The molecule has 1 aliphatic carbocycles. The van der Waals surface area contributed by atoms with E-state index in [0.29, 0.717) is 25.8 Å². The molecule has 0 unspecified atom stereocenters. The third-order valence-corrected chi connectivity index (χ3v) is 4.15. The molecule has 1 atom stereocenters. The summed E-state index contributed by atoms with van der Waals surface area (Å²) in [5, 5.41) is 10.2. The van der Waals surface area contributed by atoms with Gasteiger partial charge in [-0.15, -0.1) is 0 Å². The van der Waals surface area contributed by atoms with Gasteiger partial charge in [-0.1, -0.05) is 29.8 Å². The number of aryl methyl sites for hydroxylation is 1. The van der Waals surface area contributed by atoms with Crippen molar-refractivity contribution in [2.75, 3.05) is 13.2 Å². The van der Waals surface area contributed by atoms with Crippen molar-refractivity contribution in [2.24, 2.45) is 0 Å². The van der Waals surface area contributed by atoms with Crippen molar-refractivity contribution < 1.29 is 14.3 Å². The molecule has 0 amide bonds. The monoisotopic (exact) mass is 315 g/mol. The minimum atomic E-state index is -0.476. The summed E-state index contributed by atoms with van der Waals surface area (Å²) in [6.07, 6.45) is 3.61. The van der Waals surface area contributed by atoms with Crippen LogP contribution in [0.1, 0.15) is 29.7 Å². The fourth-order valence-corrected chi connectivity index (χ4v) is 2.72. The smallest absolute Gasteiger partial charge is 0.129 e. The van der Waals surface area contributed by atoms with Crippen LogP contribution in [0.5, 0.6) is 0 Å². The van der Waals surface area contributed by atoms with Crippen LogP contribution in [0, 0.1) is 6.92 Å². The normalized spacial score (nSPS) is 16.0. The van der Waals surface area contributed by atoms with Gasteiger partial charge < -0.3 is 14.3 Å². The lowest BCUT2D eigenvalue weighted by atomic mass is 10.1. The summed E-state index contributed by atoms with van der Waals surface area (Å²) in [4.78, 5) is 2.37. The molecule has 4 nitrogen and oxygen atoms in total. The Balaban J connectivity index is 1.45. The Kier molecular flexibility index (Phi) is 5.49. The van der Waals surface area contributed by atoms with Gasteiger partial charge in [-0.3, -0.25) is 4.90 Å². The van der Waals surface area contributed by atoms with Crippen LogP contribution in [0.25, 0.3) is 0 Å². The summed E-state index contributed by atoms with van der Waals surface area (Å²) in [6, 6.07) is 12.9. The molecule has 0 spiro atoms. The van der Waals surface area contributed by atoms with Gasteiger partial charge in [0.15, 0.2) is 0 Å². The SMILES string of the molecule is Cc1ccc(CN(C[C@H](O)COCc2ccco2)C2CC2)cc1. The van der Waals surface area contributed by atoms with Gasteiger partial charge >= 0.3 is 0 Å². The maximum Gasteiger partial charge on any atom is 0.129 e. The molecular weight excluding hydrogens is 290 g/mol. The number of aliphatic hydroxyl groups excluding tert-OH is 1. The number of hydrogen-bond acceptors (Lipinski definition) is 4. The van der Waals surface area contributed by atoms with Crippen LogP contribution >= 0.6 is 0 Å². The molecule has 3 rings (SSSR count). The predicted molar refractivity (Wildman–Crippen MR) is 89.0 cm³/mol. The van der Waals surface area contributed by atoms with Crippen LogP contribution in [-0.2, 0) is 17.9 Å². The molecule has 1 N–H and O–H groups in total. The van der Waals surface area contributed by atoms with Crippen molar-refractivity contribution in [3.63, 3.8) is 0 Å². The second-order valence-electron chi connectivity index (χ2n) is 6.39. The molecule has 23 heavy (non-hydrogen) atoms. The van der Waals surface area contributed by atoms with Crippen molar-refractivity contribution >= 4 is 0 Å². The van der Waals surface area contributed by atoms with E-state index in [4.69, 9.17) is 9.15 Å². The molecule has 1 saturated carbocycles. The molecular formula is C19H25NO3. The van der Waals surface area contributed by atoms with E-state index in [0.717, 1.165) is 12.3 Å². The summed E-state index contributed by atoms with van der Waals surface area (Å²) in [6.45, 7) is 4.38. The van der Waals surface area contributed by atoms with E-state index in [2.05, 4.69) is 36.1 Å². The highest BCUT2D eigenvalue weighted by Crippen LogP contribution is 2.28. The average Bonchev–Trinajstić information content (AvgIpc) is 3.26. The van der Waals surface area contributed by atoms with E-state index in [1.165, 1.54) is 24.0 Å². The van der Waals surface area contributed by atoms with Gasteiger partial charge in [-0.05, 0) is 37.5 Å². The fourth-order valence-electron chi connectivity index (χ4n) is 2.72. The number of benzene rings is 1. The molecule has 0 radical (unpaired) electrons. The highest BCUT2D eigenvalue weighted by Gasteiger charge is 2.30. The summed E-state index contributed by atoms with van der Waals surface area (Å²) in [5.41, 5.74) is 2.57. The van der Waals surface area contributed by atoms with Crippen LogP contribution in [0.4, 0.5) is 0 Å². The van der Waals surface area contributed by atoms with Gasteiger partial charge in [0.2, 0.25) is 0 Å². The Morgan fingerprint density at radius 3 is 2.70 bits per heavy atom. The molecule has 4 heteroatoms. The van der Waals surface area contributed by atoms with Gasteiger partial charge in [-0.25, -0.2) is 0 Å². The Labute approximate surface area is 137 Å². The summed E-state index contributed by atoms with van der Waals surface area (Å²) >= 11 is 0. The lowest BCUT2D eigenvalue weighted by Crippen LogP contribution is -2.36. The highest BCUT2D eigenvalue weighted by atomic mass is 16.5. The Morgan fingerprint density at radius 1 is 1.26 bits per heavy atom. The lowest BCUT2D eigenvalue weighted by Gasteiger charge is -2.25. The second-order valence-corrected chi connectivity index (χ2v) is 6.39. The molecule has 124 valence electrons. The molecule has 2 aromatic rings. The summed E-state index contributed by atoms with van der Waals surface area (Å²) in [7, 11) is 0. The topological polar surface area (TPSA) is 45.8 Å². The number of nitrogens with zero attached hydrogens (tertiary/aromatic N) is 1. The third kappa shape index (κ3) is 5.20. The van der Waals surface area contributed by atoms with Gasteiger partial charge in [0.25, 0.3) is 0 Å². The highest BCUT2D eigenvalue weighted by molar-refractivity contribution is 5.21. The van der Waals surface area contributed by atoms with Crippen molar-refractivity contribution in [1.82, 2.24) is 4.90 Å². The Hall–Kier alpha value is -1.62. The molecule has 1 heterocycles. The molecule has 0 bridgehead atoms. The first-order chi connectivity index (χ1) is 11.2. The first kappa shape index (κ1) is 16.2. The van der Waals surface area contributed by atoms with E-state index in [9.17, 15) is 5.11 Å². The van der Waals surface area contributed by atoms with Crippen LogP contribution in [-0.4, -0.2) is 35.3 Å². The predicted octanol–water partition coefficient (Wildman–Crippen LogP) is 3.13. The second kappa shape index (κ2) is 7.77. The van der Waals surface area contributed by atoms with Crippen molar-refractivity contribution in [3.8, 4) is 0 Å². The largest absolute Gasteiger partial charge is 0.467 e. The van der Waals surface area contributed by atoms with Gasteiger partial charge in [0.1, 0.15) is 12.4 Å². The number of furan rings is 1. The van der Waals surface area contributed by atoms with Crippen molar-refractivity contribution in [3.05, 3.63) is 59.5 Å². The van der Waals surface area contributed by atoms with Crippen molar-refractivity contribution in [2.45, 2.75) is 45.1 Å². The Morgan fingerprint density at radius 2 is 2.04 bits per heavy atom. The van der Waals surface area contributed by atoms with E-state index < -0.39 is 6.10 Å². The average molecular weight is 315 g/mol. The molecule has 0 saturated heterocycles. The standard InChI is InChI=1S/C19H25NO3/c1-15-4-6-16(7-5-15)11-20(17-8-9-17)12-18(21)13-22-14-19-3-2-10-23-19/h2-7,10,17-18,21H,8-9,11-14H2,1H3/t18-/m0/s1. The van der Waals surface area contributed by atoms with E-state index in [-0.39, 0.29) is 0 Å². The van der Waals surface area contributed by atoms with E-state index in [1.54, 1.807) is 6.26 Å². The molecule has 0 aliphatic heterocycles. The molecule has 1 aromatic carbocycles.